The lowest BCUT2D eigenvalue weighted by atomic mass is 10.1. The Morgan fingerprint density at radius 3 is 2.79 bits per heavy atom. The molecule has 0 spiro atoms. The van der Waals surface area contributed by atoms with E-state index < -0.39 is 4.92 Å². The van der Waals surface area contributed by atoms with Gasteiger partial charge in [-0.3, -0.25) is 14.9 Å². The number of para-hydroxylation sites is 1. The number of nitro groups is 1. The first kappa shape index (κ1) is 18.6. The van der Waals surface area contributed by atoms with E-state index in [0.717, 1.165) is 36.7 Å². The second kappa shape index (κ2) is 7.70. The minimum Gasteiger partial charge on any atom is -0.350 e. The molecule has 2 aromatic carbocycles. The molecule has 0 bridgehead atoms. The van der Waals surface area contributed by atoms with Crippen LogP contribution in [0.25, 0.3) is 0 Å². The maximum Gasteiger partial charge on any atom is 0.293 e. The quantitative estimate of drug-likeness (QED) is 0.510. The summed E-state index contributed by atoms with van der Waals surface area (Å²) in [5, 5.41) is 22.9. The number of rotatable bonds is 6. The molecular weight excluding hydrogens is 372 g/mol. The normalized spacial score (nSPS) is 12.4. The van der Waals surface area contributed by atoms with Crippen LogP contribution in [0, 0.1) is 10.1 Å². The van der Waals surface area contributed by atoms with Crippen molar-refractivity contribution < 1.29 is 9.72 Å². The van der Waals surface area contributed by atoms with Gasteiger partial charge in [-0.25, -0.2) is 0 Å². The molecule has 0 atom stereocenters. The number of carbonyl (C=O) groups is 1. The number of amides is 1. The van der Waals surface area contributed by atoms with Gasteiger partial charge in [0.25, 0.3) is 11.6 Å². The summed E-state index contributed by atoms with van der Waals surface area (Å²) in [5.41, 5.74) is 1.15. The summed E-state index contributed by atoms with van der Waals surface area (Å²) in [7, 11) is 1.65. The Morgan fingerprint density at radius 1 is 1.24 bits per heavy atom. The Kier molecular flexibility index (Phi) is 4.94. The summed E-state index contributed by atoms with van der Waals surface area (Å²) >= 11 is 0. The summed E-state index contributed by atoms with van der Waals surface area (Å²) in [4.78, 5) is 25.4. The van der Waals surface area contributed by atoms with Crippen molar-refractivity contribution in [3.05, 3.63) is 75.9 Å². The molecule has 4 rings (SSSR count). The Labute approximate surface area is 167 Å². The molecule has 0 saturated carbocycles. The van der Waals surface area contributed by atoms with Gasteiger partial charge in [0.1, 0.15) is 11.5 Å². The third kappa shape index (κ3) is 3.79. The van der Waals surface area contributed by atoms with Gasteiger partial charge in [0.2, 0.25) is 0 Å². The van der Waals surface area contributed by atoms with Gasteiger partial charge >= 0.3 is 0 Å². The van der Waals surface area contributed by atoms with E-state index in [4.69, 9.17) is 0 Å². The molecule has 2 heterocycles. The molecule has 9 nitrogen and oxygen atoms in total. The molecule has 1 aromatic heterocycles. The highest BCUT2D eigenvalue weighted by Gasteiger charge is 2.23. The van der Waals surface area contributed by atoms with Crippen molar-refractivity contribution in [2.24, 2.45) is 0 Å². The lowest BCUT2D eigenvalue weighted by Crippen LogP contribution is -2.27. The van der Waals surface area contributed by atoms with Crippen molar-refractivity contribution in [3.8, 4) is 0 Å². The van der Waals surface area contributed by atoms with E-state index in [2.05, 4.69) is 15.5 Å². The van der Waals surface area contributed by atoms with Crippen molar-refractivity contribution in [2.75, 3.05) is 12.4 Å². The number of carbonyl (C=O) groups excluding carboxylic acids is 1. The molecule has 1 amide bonds. The van der Waals surface area contributed by atoms with Gasteiger partial charge < -0.3 is 14.8 Å². The predicted octanol–water partition coefficient (Wildman–Crippen LogP) is 3.15. The number of hydrogen-bond donors (Lipinski definition) is 1. The third-order valence-electron chi connectivity index (χ3n) is 4.91. The fourth-order valence-electron chi connectivity index (χ4n) is 3.43. The van der Waals surface area contributed by atoms with Crippen LogP contribution < -0.4 is 5.32 Å². The molecule has 1 aliphatic heterocycles. The number of benzene rings is 2. The first-order valence-corrected chi connectivity index (χ1v) is 9.30. The van der Waals surface area contributed by atoms with Crippen LogP contribution in [0.15, 0.2) is 48.5 Å². The number of aryl methyl sites for hydroxylation is 1. The molecule has 0 unspecified atom stereocenters. The van der Waals surface area contributed by atoms with Crippen molar-refractivity contribution >= 4 is 23.0 Å². The SMILES string of the molecule is CN(Cc1nnc2n1CCC2)C(=O)c1ccc(Nc2ccccc2)c([N+](=O)[O-])c1. The van der Waals surface area contributed by atoms with Gasteiger partial charge in [-0.15, -0.1) is 10.2 Å². The molecule has 1 N–H and O–H groups in total. The van der Waals surface area contributed by atoms with Crippen LogP contribution in [0.1, 0.15) is 28.4 Å². The minimum absolute atomic E-state index is 0.156. The average Bonchev–Trinajstić information content (AvgIpc) is 3.33. The molecule has 0 saturated heterocycles. The number of aromatic nitrogens is 3. The lowest BCUT2D eigenvalue weighted by molar-refractivity contribution is -0.383. The average molecular weight is 392 g/mol. The molecule has 148 valence electrons. The van der Waals surface area contributed by atoms with E-state index in [1.54, 1.807) is 19.2 Å². The standard InChI is InChI=1S/C20H20N6O3/c1-24(13-19-23-22-18-8-5-11-25(18)19)20(27)14-9-10-16(17(12-14)26(28)29)21-15-6-3-2-4-7-15/h2-4,6-7,9-10,12,21H,5,8,11,13H2,1H3. The van der Waals surface area contributed by atoms with Crippen molar-refractivity contribution in [1.29, 1.82) is 0 Å². The number of nitro benzene ring substituents is 1. The maximum absolute atomic E-state index is 12.8. The smallest absolute Gasteiger partial charge is 0.293 e. The van der Waals surface area contributed by atoms with Crippen molar-refractivity contribution in [2.45, 2.75) is 25.9 Å². The fourth-order valence-corrected chi connectivity index (χ4v) is 3.43. The van der Waals surface area contributed by atoms with Gasteiger partial charge in [-0.2, -0.15) is 0 Å². The molecule has 0 radical (unpaired) electrons. The molecule has 1 aliphatic rings. The summed E-state index contributed by atoms with van der Waals surface area (Å²) in [6.07, 6.45) is 1.92. The van der Waals surface area contributed by atoms with Crippen molar-refractivity contribution in [1.82, 2.24) is 19.7 Å². The number of anilines is 2. The highest BCUT2D eigenvalue weighted by Crippen LogP contribution is 2.29. The Hall–Kier alpha value is -3.75. The summed E-state index contributed by atoms with van der Waals surface area (Å²) < 4.78 is 2.03. The summed E-state index contributed by atoms with van der Waals surface area (Å²) in [6, 6.07) is 13.6. The van der Waals surface area contributed by atoms with Crippen LogP contribution in [0.4, 0.5) is 17.1 Å². The van der Waals surface area contributed by atoms with Gasteiger partial charge in [0.05, 0.1) is 11.5 Å². The van der Waals surface area contributed by atoms with E-state index in [1.807, 2.05) is 34.9 Å². The zero-order chi connectivity index (χ0) is 20.4. The van der Waals surface area contributed by atoms with Crippen LogP contribution in [0.3, 0.4) is 0 Å². The highest BCUT2D eigenvalue weighted by atomic mass is 16.6. The number of hydrogen-bond acceptors (Lipinski definition) is 6. The van der Waals surface area contributed by atoms with Crippen molar-refractivity contribution in [3.63, 3.8) is 0 Å². The molecule has 29 heavy (non-hydrogen) atoms. The maximum atomic E-state index is 12.8. The van der Waals surface area contributed by atoms with Gasteiger partial charge in [0, 0.05) is 37.3 Å². The van der Waals surface area contributed by atoms with Gasteiger partial charge in [-0.1, -0.05) is 18.2 Å². The second-order valence-electron chi connectivity index (χ2n) is 6.93. The van der Waals surface area contributed by atoms with Crippen LogP contribution >= 0.6 is 0 Å². The van der Waals surface area contributed by atoms with Crippen LogP contribution in [-0.2, 0) is 19.5 Å². The third-order valence-corrected chi connectivity index (χ3v) is 4.91. The van der Waals surface area contributed by atoms with E-state index >= 15 is 0 Å². The topological polar surface area (TPSA) is 106 Å². The fraction of sp³-hybridized carbons (Fsp3) is 0.250. The van der Waals surface area contributed by atoms with Crippen LogP contribution in [0.5, 0.6) is 0 Å². The highest BCUT2D eigenvalue weighted by molar-refractivity contribution is 5.95. The van der Waals surface area contributed by atoms with Gasteiger partial charge in [0.15, 0.2) is 5.82 Å². The number of nitrogens with zero attached hydrogens (tertiary/aromatic N) is 5. The zero-order valence-electron chi connectivity index (χ0n) is 15.9. The zero-order valence-corrected chi connectivity index (χ0v) is 15.9. The van der Waals surface area contributed by atoms with E-state index in [0.29, 0.717) is 12.2 Å². The first-order valence-electron chi connectivity index (χ1n) is 9.30. The molecule has 0 fully saturated rings. The Bertz CT molecular complexity index is 1060. The summed E-state index contributed by atoms with van der Waals surface area (Å²) in [6.45, 7) is 1.15. The second-order valence-corrected chi connectivity index (χ2v) is 6.93. The largest absolute Gasteiger partial charge is 0.350 e. The minimum atomic E-state index is -0.493. The Balaban J connectivity index is 1.54. The number of nitrogens with one attached hydrogen (secondary N) is 1. The van der Waals surface area contributed by atoms with E-state index in [-0.39, 0.29) is 17.2 Å². The summed E-state index contributed by atoms with van der Waals surface area (Å²) in [5.74, 6) is 1.35. The molecule has 0 aliphatic carbocycles. The molecule has 9 heteroatoms. The van der Waals surface area contributed by atoms with Gasteiger partial charge in [-0.05, 0) is 30.7 Å². The first-order chi connectivity index (χ1) is 14.0. The lowest BCUT2D eigenvalue weighted by Gasteiger charge is -2.17. The molecular formula is C20H20N6O3. The van der Waals surface area contributed by atoms with E-state index in [1.165, 1.54) is 11.0 Å². The molecule has 3 aromatic rings. The van der Waals surface area contributed by atoms with Crippen LogP contribution in [0.2, 0.25) is 0 Å². The number of fused-ring (bicyclic) bond motifs is 1. The predicted molar refractivity (Wildman–Crippen MR) is 107 cm³/mol. The van der Waals surface area contributed by atoms with Crippen LogP contribution in [-0.4, -0.2) is 37.5 Å². The monoisotopic (exact) mass is 392 g/mol. The Morgan fingerprint density at radius 2 is 2.03 bits per heavy atom. The van der Waals surface area contributed by atoms with E-state index in [9.17, 15) is 14.9 Å².